The van der Waals surface area contributed by atoms with Gasteiger partial charge in [-0.2, -0.15) is 4.72 Å². The van der Waals surface area contributed by atoms with Crippen LogP contribution < -0.4 is 20.9 Å². The standard InChI is InChI=1S/C19H23FN4O3S2/c1-4-14-9-7-8-12(2)17(14)21-19(28)23-22-18(25)13(3)24-29(26,27)16-11-6-5-10-15(16)20/h5-11,13,24H,4H2,1-3H3,(H,22,25)(H2,21,23,28)/t13-/m0/s1. The zero-order valence-corrected chi connectivity index (χ0v) is 17.9. The summed E-state index contributed by atoms with van der Waals surface area (Å²) in [5, 5.41) is 3.17. The fourth-order valence-electron chi connectivity index (χ4n) is 2.59. The lowest BCUT2D eigenvalue weighted by molar-refractivity contribution is -0.122. The molecule has 0 heterocycles. The largest absolute Gasteiger partial charge is 0.331 e. The van der Waals surface area contributed by atoms with Crippen LogP contribution in [-0.4, -0.2) is 25.5 Å². The average Bonchev–Trinajstić information content (AvgIpc) is 2.67. The Morgan fingerprint density at radius 1 is 1.14 bits per heavy atom. The van der Waals surface area contributed by atoms with Gasteiger partial charge >= 0.3 is 0 Å². The number of rotatable bonds is 6. The predicted molar refractivity (Wildman–Crippen MR) is 114 cm³/mol. The summed E-state index contributed by atoms with van der Waals surface area (Å²) in [7, 11) is -4.20. The van der Waals surface area contributed by atoms with Gasteiger partial charge < -0.3 is 5.32 Å². The van der Waals surface area contributed by atoms with Gasteiger partial charge in [0.1, 0.15) is 10.7 Å². The lowest BCUT2D eigenvalue weighted by Crippen LogP contribution is -2.52. The molecule has 0 spiro atoms. The van der Waals surface area contributed by atoms with E-state index in [4.69, 9.17) is 12.2 Å². The molecule has 2 aromatic rings. The SMILES string of the molecule is CCc1cccc(C)c1NC(=S)NNC(=O)[C@H](C)NS(=O)(=O)c1ccccc1F. The van der Waals surface area contributed by atoms with Gasteiger partial charge in [0, 0.05) is 5.69 Å². The highest BCUT2D eigenvalue weighted by Crippen LogP contribution is 2.20. The molecule has 2 rings (SSSR count). The molecule has 0 saturated carbocycles. The van der Waals surface area contributed by atoms with Crippen LogP contribution in [0, 0.1) is 12.7 Å². The van der Waals surface area contributed by atoms with Gasteiger partial charge in [-0.25, -0.2) is 12.8 Å². The minimum atomic E-state index is -4.20. The van der Waals surface area contributed by atoms with E-state index in [0.29, 0.717) is 0 Å². The lowest BCUT2D eigenvalue weighted by atomic mass is 10.1. The van der Waals surface area contributed by atoms with E-state index in [2.05, 4.69) is 20.9 Å². The van der Waals surface area contributed by atoms with E-state index in [1.54, 1.807) is 0 Å². The highest BCUT2D eigenvalue weighted by Gasteiger charge is 2.24. The second-order valence-electron chi connectivity index (χ2n) is 6.30. The minimum Gasteiger partial charge on any atom is -0.331 e. The van der Waals surface area contributed by atoms with E-state index in [-0.39, 0.29) is 5.11 Å². The van der Waals surface area contributed by atoms with Crippen LogP contribution in [0.15, 0.2) is 47.4 Å². The fourth-order valence-corrected chi connectivity index (χ4v) is 4.02. The van der Waals surface area contributed by atoms with Crippen molar-refractivity contribution < 1.29 is 17.6 Å². The van der Waals surface area contributed by atoms with Gasteiger partial charge in [0.05, 0.1) is 6.04 Å². The Morgan fingerprint density at radius 2 is 1.83 bits per heavy atom. The van der Waals surface area contributed by atoms with Crippen LogP contribution in [-0.2, 0) is 21.2 Å². The normalized spacial score (nSPS) is 12.1. The number of thiocarbonyl (C=S) groups is 1. The number of benzene rings is 2. The molecule has 0 aliphatic rings. The first-order chi connectivity index (χ1) is 13.7. The first-order valence-electron chi connectivity index (χ1n) is 8.88. The molecule has 0 radical (unpaired) electrons. The number of aryl methyl sites for hydroxylation is 2. The van der Waals surface area contributed by atoms with Gasteiger partial charge in [0.2, 0.25) is 10.0 Å². The first kappa shape index (κ1) is 22.7. The van der Waals surface area contributed by atoms with Crippen molar-refractivity contribution in [2.45, 2.75) is 38.1 Å². The molecule has 7 nitrogen and oxygen atoms in total. The molecule has 4 N–H and O–H groups in total. The molecule has 0 aliphatic heterocycles. The summed E-state index contributed by atoms with van der Waals surface area (Å²) in [6.07, 6.45) is 0.799. The highest BCUT2D eigenvalue weighted by molar-refractivity contribution is 7.89. The van der Waals surface area contributed by atoms with Crippen LogP contribution in [0.25, 0.3) is 0 Å². The van der Waals surface area contributed by atoms with E-state index in [9.17, 15) is 17.6 Å². The number of para-hydroxylation sites is 1. The number of hydrogen-bond acceptors (Lipinski definition) is 4. The number of halogens is 1. The first-order valence-corrected chi connectivity index (χ1v) is 10.8. The number of anilines is 1. The number of sulfonamides is 1. The Hall–Kier alpha value is -2.56. The highest BCUT2D eigenvalue weighted by atomic mass is 32.2. The number of hydrogen-bond donors (Lipinski definition) is 4. The molecule has 0 fully saturated rings. The number of carbonyl (C=O) groups is 1. The topological polar surface area (TPSA) is 99.3 Å². The van der Waals surface area contributed by atoms with Crippen molar-refractivity contribution in [2.24, 2.45) is 0 Å². The van der Waals surface area contributed by atoms with E-state index in [0.717, 1.165) is 35.4 Å². The van der Waals surface area contributed by atoms with E-state index in [1.165, 1.54) is 19.1 Å². The van der Waals surface area contributed by atoms with Crippen molar-refractivity contribution in [3.8, 4) is 0 Å². The number of hydrazine groups is 1. The number of carbonyl (C=O) groups excluding carboxylic acids is 1. The zero-order chi connectivity index (χ0) is 21.6. The van der Waals surface area contributed by atoms with Gasteiger partial charge in [0.25, 0.3) is 5.91 Å². The maximum absolute atomic E-state index is 13.7. The molecule has 156 valence electrons. The summed E-state index contributed by atoms with van der Waals surface area (Å²) >= 11 is 5.19. The summed E-state index contributed by atoms with van der Waals surface area (Å²) in [4.78, 5) is 11.7. The smallest absolute Gasteiger partial charge is 0.256 e. The third kappa shape index (κ3) is 5.96. The molecule has 0 unspecified atom stereocenters. The molecule has 1 amide bonds. The molecule has 0 aliphatic carbocycles. The van der Waals surface area contributed by atoms with Crippen LogP contribution in [0.1, 0.15) is 25.0 Å². The van der Waals surface area contributed by atoms with Crippen LogP contribution in [0.5, 0.6) is 0 Å². The maximum atomic E-state index is 13.7. The summed E-state index contributed by atoms with van der Waals surface area (Å²) in [5.74, 6) is -1.59. The second-order valence-corrected chi connectivity index (χ2v) is 8.40. The van der Waals surface area contributed by atoms with E-state index >= 15 is 0 Å². The van der Waals surface area contributed by atoms with Crippen LogP contribution in [0.4, 0.5) is 10.1 Å². The summed E-state index contributed by atoms with van der Waals surface area (Å²) in [5.41, 5.74) is 7.77. The molecule has 29 heavy (non-hydrogen) atoms. The third-order valence-corrected chi connectivity index (χ3v) is 5.91. The van der Waals surface area contributed by atoms with Gasteiger partial charge in [-0.15, -0.1) is 0 Å². The summed E-state index contributed by atoms with van der Waals surface area (Å²) in [6.45, 7) is 5.28. The van der Waals surface area contributed by atoms with Gasteiger partial charge in [-0.3, -0.25) is 15.6 Å². The molecule has 0 bridgehead atoms. The van der Waals surface area contributed by atoms with Gasteiger partial charge in [-0.1, -0.05) is 37.3 Å². The molecule has 2 aromatic carbocycles. The van der Waals surface area contributed by atoms with Crippen molar-refractivity contribution in [1.29, 1.82) is 0 Å². The van der Waals surface area contributed by atoms with Crippen molar-refractivity contribution in [1.82, 2.24) is 15.6 Å². The molecular formula is C19H23FN4O3S2. The predicted octanol–water partition coefficient (Wildman–Crippen LogP) is 2.38. The third-order valence-electron chi connectivity index (χ3n) is 4.13. The van der Waals surface area contributed by atoms with Crippen LogP contribution >= 0.6 is 12.2 Å². The quantitative estimate of drug-likeness (QED) is 0.408. The fraction of sp³-hybridized carbons (Fsp3) is 0.263. The van der Waals surface area contributed by atoms with Crippen molar-refractivity contribution in [2.75, 3.05) is 5.32 Å². The Morgan fingerprint density at radius 3 is 2.48 bits per heavy atom. The van der Waals surface area contributed by atoms with Crippen LogP contribution in [0.2, 0.25) is 0 Å². The maximum Gasteiger partial charge on any atom is 0.256 e. The molecule has 10 heteroatoms. The zero-order valence-electron chi connectivity index (χ0n) is 16.2. The molecule has 1 atom stereocenters. The number of nitrogens with one attached hydrogen (secondary N) is 4. The monoisotopic (exact) mass is 438 g/mol. The van der Waals surface area contributed by atoms with Crippen molar-refractivity contribution in [3.05, 3.63) is 59.4 Å². The summed E-state index contributed by atoms with van der Waals surface area (Å²) < 4.78 is 40.4. The van der Waals surface area contributed by atoms with Crippen LogP contribution in [0.3, 0.4) is 0 Å². The van der Waals surface area contributed by atoms with Crippen molar-refractivity contribution >= 4 is 38.9 Å². The van der Waals surface area contributed by atoms with E-state index in [1.807, 2.05) is 32.0 Å². The minimum absolute atomic E-state index is 0.145. The summed E-state index contributed by atoms with van der Waals surface area (Å²) in [6, 6.07) is 9.60. The lowest BCUT2D eigenvalue weighted by Gasteiger charge is -2.18. The Labute approximate surface area is 175 Å². The van der Waals surface area contributed by atoms with Crippen molar-refractivity contribution in [3.63, 3.8) is 0 Å². The number of amides is 1. The Balaban J connectivity index is 1.95. The molecule has 0 saturated heterocycles. The average molecular weight is 439 g/mol. The van der Waals surface area contributed by atoms with E-state index < -0.39 is 32.7 Å². The van der Waals surface area contributed by atoms with Gasteiger partial charge in [0.15, 0.2) is 5.11 Å². The van der Waals surface area contributed by atoms with Gasteiger partial charge in [-0.05, 0) is 55.7 Å². The second kappa shape index (κ2) is 9.77. The molecular weight excluding hydrogens is 415 g/mol. The Kier molecular flexibility index (Phi) is 7.66. The Bertz CT molecular complexity index is 1010. The molecule has 0 aromatic heterocycles.